The van der Waals surface area contributed by atoms with E-state index in [1.165, 1.54) is 6.07 Å². The Morgan fingerprint density at radius 2 is 2.27 bits per heavy atom. The molecule has 58 valence electrons. The highest BCUT2D eigenvalue weighted by Gasteiger charge is 2.00. The maximum atomic E-state index is 10.3. The summed E-state index contributed by atoms with van der Waals surface area (Å²) in [5.41, 5.74) is 0.609. The van der Waals surface area contributed by atoms with Crippen LogP contribution in [0.15, 0.2) is 12.1 Å². The first-order chi connectivity index (χ1) is 5.11. The van der Waals surface area contributed by atoms with Crippen LogP contribution in [0.2, 0.25) is 5.15 Å². The predicted molar refractivity (Wildman–Crippen MR) is 38.3 cm³/mol. The third kappa shape index (κ3) is 1.68. The molecule has 1 heterocycles. The number of aryl methyl sites for hydroxylation is 1. The number of hydrogen-bond donors (Lipinski definition) is 0. The van der Waals surface area contributed by atoms with E-state index in [9.17, 15) is 9.90 Å². The van der Waals surface area contributed by atoms with Crippen molar-refractivity contribution in [1.82, 2.24) is 4.98 Å². The number of nitrogens with zero attached hydrogens (tertiary/aromatic N) is 1. The molecule has 0 N–H and O–H groups in total. The molecular formula is C7H5ClNO2-. The van der Waals surface area contributed by atoms with Gasteiger partial charge in [-0.2, -0.15) is 0 Å². The van der Waals surface area contributed by atoms with Crippen LogP contribution in [0.1, 0.15) is 16.1 Å². The van der Waals surface area contributed by atoms with Gasteiger partial charge in [0.15, 0.2) is 0 Å². The van der Waals surface area contributed by atoms with Crippen molar-refractivity contribution in [3.05, 3.63) is 28.5 Å². The highest BCUT2D eigenvalue weighted by Crippen LogP contribution is 2.11. The lowest BCUT2D eigenvalue weighted by molar-refractivity contribution is -0.255. The molecule has 11 heavy (non-hydrogen) atoms. The molecule has 1 aromatic heterocycles. The smallest absolute Gasteiger partial charge is 0.138 e. The maximum absolute atomic E-state index is 10.3. The molecule has 1 aromatic rings. The molecule has 0 aromatic carbocycles. The Bertz CT molecular complexity index is 298. The Kier molecular flexibility index (Phi) is 2.10. The van der Waals surface area contributed by atoms with Gasteiger partial charge in [0, 0.05) is 11.3 Å². The molecule has 0 saturated carbocycles. The van der Waals surface area contributed by atoms with Crippen LogP contribution in [0.3, 0.4) is 0 Å². The van der Waals surface area contributed by atoms with E-state index >= 15 is 0 Å². The Morgan fingerprint density at radius 3 is 2.73 bits per heavy atom. The standard InChI is InChI=1S/C7H6ClNO2/c1-4-2-3-5(7(10)11)6(8)9-4/h2-3H,1H3,(H,10,11)/p-1. The van der Waals surface area contributed by atoms with Crippen LogP contribution in [0.4, 0.5) is 0 Å². The van der Waals surface area contributed by atoms with E-state index in [0.717, 1.165) is 0 Å². The van der Waals surface area contributed by atoms with Crippen LogP contribution in [-0.2, 0) is 0 Å². The quantitative estimate of drug-likeness (QED) is 0.574. The topological polar surface area (TPSA) is 53.0 Å². The third-order valence-electron chi connectivity index (χ3n) is 1.21. The SMILES string of the molecule is Cc1ccc(C(=O)[O-])c(Cl)n1. The summed E-state index contributed by atoms with van der Waals surface area (Å²) in [7, 11) is 0. The number of pyridine rings is 1. The van der Waals surface area contributed by atoms with Crippen molar-refractivity contribution >= 4 is 17.6 Å². The third-order valence-corrected chi connectivity index (χ3v) is 1.50. The zero-order valence-electron chi connectivity index (χ0n) is 5.80. The van der Waals surface area contributed by atoms with Gasteiger partial charge in [-0.15, -0.1) is 0 Å². The van der Waals surface area contributed by atoms with Crippen LogP contribution in [-0.4, -0.2) is 11.0 Å². The molecule has 0 amide bonds. The second-order valence-corrected chi connectivity index (χ2v) is 2.44. The predicted octanol–water partition coefficient (Wildman–Crippen LogP) is 0.407. The van der Waals surface area contributed by atoms with Crippen LogP contribution in [0, 0.1) is 6.92 Å². The molecule has 0 atom stereocenters. The molecule has 0 aliphatic rings. The summed E-state index contributed by atoms with van der Waals surface area (Å²) in [6, 6.07) is 2.94. The molecular weight excluding hydrogens is 166 g/mol. The van der Waals surface area contributed by atoms with Crippen LogP contribution >= 0.6 is 11.6 Å². The van der Waals surface area contributed by atoms with Crippen molar-refractivity contribution in [3.63, 3.8) is 0 Å². The van der Waals surface area contributed by atoms with Gasteiger partial charge in [0.1, 0.15) is 5.15 Å². The summed E-state index contributed by atoms with van der Waals surface area (Å²) in [4.78, 5) is 14.0. The molecule has 0 bridgehead atoms. The summed E-state index contributed by atoms with van der Waals surface area (Å²) < 4.78 is 0. The van der Waals surface area contributed by atoms with Gasteiger partial charge < -0.3 is 9.90 Å². The highest BCUT2D eigenvalue weighted by molar-refractivity contribution is 6.32. The number of halogens is 1. The average Bonchev–Trinajstić information content (AvgIpc) is 1.85. The fraction of sp³-hybridized carbons (Fsp3) is 0.143. The van der Waals surface area contributed by atoms with Gasteiger partial charge in [-0.05, 0) is 19.1 Å². The number of rotatable bonds is 1. The number of carbonyl (C=O) groups is 1. The van der Waals surface area contributed by atoms with Gasteiger partial charge >= 0.3 is 0 Å². The van der Waals surface area contributed by atoms with E-state index in [-0.39, 0.29) is 10.7 Å². The number of carboxylic acid groups (broad SMARTS) is 1. The summed E-state index contributed by atoms with van der Waals surface area (Å²) in [5.74, 6) is -1.30. The van der Waals surface area contributed by atoms with Gasteiger partial charge in [-0.3, -0.25) is 0 Å². The summed E-state index contributed by atoms with van der Waals surface area (Å²) in [6.45, 7) is 1.73. The summed E-state index contributed by atoms with van der Waals surface area (Å²) in [6.07, 6.45) is 0. The van der Waals surface area contributed by atoms with Crippen molar-refractivity contribution in [2.24, 2.45) is 0 Å². The van der Waals surface area contributed by atoms with Crippen molar-refractivity contribution < 1.29 is 9.90 Å². The Labute approximate surface area is 68.6 Å². The Hall–Kier alpha value is -1.09. The molecule has 0 saturated heterocycles. The normalized spacial score (nSPS) is 9.64. The lowest BCUT2D eigenvalue weighted by Crippen LogP contribution is -2.22. The van der Waals surface area contributed by atoms with Crippen molar-refractivity contribution in [1.29, 1.82) is 0 Å². The van der Waals surface area contributed by atoms with E-state index in [1.54, 1.807) is 13.0 Å². The first kappa shape index (κ1) is 8.01. The lowest BCUT2D eigenvalue weighted by atomic mass is 10.2. The molecule has 3 nitrogen and oxygen atoms in total. The zero-order chi connectivity index (χ0) is 8.43. The van der Waals surface area contributed by atoms with E-state index < -0.39 is 5.97 Å². The monoisotopic (exact) mass is 170 g/mol. The number of aromatic carboxylic acids is 1. The minimum absolute atomic E-state index is 0.0231. The molecule has 0 aliphatic carbocycles. The van der Waals surface area contributed by atoms with E-state index in [2.05, 4.69) is 4.98 Å². The lowest BCUT2D eigenvalue weighted by Gasteiger charge is -2.03. The average molecular weight is 171 g/mol. The Morgan fingerprint density at radius 1 is 1.64 bits per heavy atom. The Balaban J connectivity index is 3.20. The van der Waals surface area contributed by atoms with Gasteiger partial charge in [0.05, 0.1) is 5.97 Å². The number of carbonyl (C=O) groups excluding carboxylic acids is 1. The van der Waals surface area contributed by atoms with Gasteiger partial charge in [0.25, 0.3) is 0 Å². The van der Waals surface area contributed by atoms with Crippen LogP contribution in [0.5, 0.6) is 0 Å². The van der Waals surface area contributed by atoms with E-state index in [1.807, 2.05) is 0 Å². The van der Waals surface area contributed by atoms with Gasteiger partial charge in [-0.1, -0.05) is 11.6 Å². The number of aromatic nitrogens is 1. The minimum atomic E-state index is -1.30. The first-order valence-electron chi connectivity index (χ1n) is 2.96. The molecule has 1 rings (SSSR count). The van der Waals surface area contributed by atoms with Crippen molar-refractivity contribution in [2.75, 3.05) is 0 Å². The molecule has 0 radical (unpaired) electrons. The zero-order valence-corrected chi connectivity index (χ0v) is 6.55. The molecule has 0 fully saturated rings. The summed E-state index contributed by atoms with van der Waals surface area (Å²) >= 11 is 5.49. The second-order valence-electron chi connectivity index (χ2n) is 2.08. The van der Waals surface area contributed by atoms with Crippen LogP contribution < -0.4 is 5.11 Å². The number of hydrogen-bond acceptors (Lipinski definition) is 3. The fourth-order valence-corrected chi connectivity index (χ4v) is 0.951. The number of carboxylic acids is 1. The molecule has 0 unspecified atom stereocenters. The molecule has 0 aliphatic heterocycles. The van der Waals surface area contributed by atoms with E-state index in [0.29, 0.717) is 5.69 Å². The van der Waals surface area contributed by atoms with Gasteiger partial charge in [-0.25, -0.2) is 4.98 Å². The summed E-state index contributed by atoms with van der Waals surface area (Å²) in [5, 5.41) is 10.3. The molecule has 4 heteroatoms. The van der Waals surface area contributed by atoms with Gasteiger partial charge in [0.2, 0.25) is 0 Å². The van der Waals surface area contributed by atoms with Crippen molar-refractivity contribution in [3.8, 4) is 0 Å². The highest BCUT2D eigenvalue weighted by atomic mass is 35.5. The van der Waals surface area contributed by atoms with E-state index in [4.69, 9.17) is 11.6 Å². The first-order valence-corrected chi connectivity index (χ1v) is 3.33. The molecule has 0 spiro atoms. The maximum Gasteiger partial charge on any atom is 0.138 e. The second kappa shape index (κ2) is 2.88. The minimum Gasteiger partial charge on any atom is -0.545 e. The van der Waals surface area contributed by atoms with Crippen molar-refractivity contribution in [2.45, 2.75) is 6.92 Å². The fourth-order valence-electron chi connectivity index (χ4n) is 0.677. The largest absolute Gasteiger partial charge is 0.545 e. The van der Waals surface area contributed by atoms with Crippen LogP contribution in [0.25, 0.3) is 0 Å².